The molecule has 2 rings (SSSR count). The summed E-state index contributed by atoms with van der Waals surface area (Å²) in [6.45, 7) is 2.14. The Balaban J connectivity index is 2.03. The smallest absolute Gasteiger partial charge is 0.244 e. The Kier molecular flexibility index (Phi) is 5.15. The predicted molar refractivity (Wildman–Crippen MR) is 82.1 cm³/mol. The number of hydrogen-bond donors (Lipinski definition) is 2. The number of nitrogens with zero attached hydrogens (tertiary/aromatic N) is 3. The minimum atomic E-state index is -3.45. The van der Waals surface area contributed by atoms with Crippen LogP contribution in [0.3, 0.4) is 0 Å². The SMILES string of the molecule is CN(C)CC1CCN(S(=O)(=O)c2ccc(NN)nc2)CC1. The lowest BCUT2D eigenvalue weighted by molar-refractivity contribution is 0.225. The molecular formula is C13H23N5O2S. The Morgan fingerprint density at radius 3 is 2.52 bits per heavy atom. The summed E-state index contributed by atoms with van der Waals surface area (Å²) in [5, 5.41) is 0. The van der Waals surface area contributed by atoms with Crippen LogP contribution in [0.4, 0.5) is 5.82 Å². The van der Waals surface area contributed by atoms with Crippen molar-refractivity contribution in [3.05, 3.63) is 18.3 Å². The first-order valence-electron chi connectivity index (χ1n) is 7.01. The fourth-order valence-electron chi connectivity index (χ4n) is 2.62. The summed E-state index contributed by atoms with van der Waals surface area (Å²) in [7, 11) is 0.637. The number of hydrogen-bond acceptors (Lipinski definition) is 6. The number of piperidine rings is 1. The van der Waals surface area contributed by atoms with Crippen LogP contribution in [-0.2, 0) is 10.0 Å². The zero-order chi connectivity index (χ0) is 15.5. The molecule has 0 atom stereocenters. The second-order valence-electron chi connectivity index (χ2n) is 5.63. The highest BCUT2D eigenvalue weighted by molar-refractivity contribution is 7.89. The maximum absolute atomic E-state index is 12.5. The molecule has 2 heterocycles. The van der Waals surface area contributed by atoms with Crippen LogP contribution in [0.25, 0.3) is 0 Å². The first-order valence-corrected chi connectivity index (χ1v) is 8.45. The van der Waals surface area contributed by atoms with Crippen molar-refractivity contribution < 1.29 is 8.42 Å². The van der Waals surface area contributed by atoms with E-state index in [4.69, 9.17) is 5.84 Å². The van der Waals surface area contributed by atoms with Crippen molar-refractivity contribution in [1.82, 2.24) is 14.2 Å². The van der Waals surface area contributed by atoms with Crippen LogP contribution < -0.4 is 11.3 Å². The summed E-state index contributed by atoms with van der Waals surface area (Å²) in [5.74, 6) is 6.24. The van der Waals surface area contributed by atoms with Gasteiger partial charge in [-0.2, -0.15) is 4.31 Å². The molecule has 7 nitrogen and oxygen atoms in total. The number of anilines is 1. The van der Waals surface area contributed by atoms with E-state index in [1.807, 2.05) is 14.1 Å². The van der Waals surface area contributed by atoms with Gasteiger partial charge in [0.1, 0.15) is 10.7 Å². The van der Waals surface area contributed by atoms with Crippen molar-refractivity contribution in [1.29, 1.82) is 0 Å². The molecule has 1 fully saturated rings. The number of nitrogen functional groups attached to an aromatic ring is 1. The molecule has 1 aromatic rings. The molecule has 0 unspecified atom stereocenters. The lowest BCUT2D eigenvalue weighted by Gasteiger charge is -2.32. The summed E-state index contributed by atoms with van der Waals surface area (Å²) >= 11 is 0. The maximum atomic E-state index is 12.5. The van der Waals surface area contributed by atoms with Gasteiger partial charge < -0.3 is 10.3 Å². The first-order chi connectivity index (χ1) is 9.93. The van der Waals surface area contributed by atoms with Crippen molar-refractivity contribution in [2.45, 2.75) is 17.7 Å². The summed E-state index contributed by atoms with van der Waals surface area (Å²) in [6.07, 6.45) is 3.14. The van der Waals surface area contributed by atoms with Crippen molar-refractivity contribution in [2.75, 3.05) is 39.2 Å². The van der Waals surface area contributed by atoms with E-state index in [2.05, 4.69) is 15.3 Å². The van der Waals surface area contributed by atoms with Crippen molar-refractivity contribution in [2.24, 2.45) is 11.8 Å². The van der Waals surface area contributed by atoms with Gasteiger partial charge in [-0.15, -0.1) is 0 Å². The zero-order valence-electron chi connectivity index (χ0n) is 12.5. The summed E-state index contributed by atoms with van der Waals surface area (Å²) in [4.78, 5) is 6.33. The molecule has 0 bridgehead atoms. The van der Waals surface area contributed by atoms with Gasteiger partial charge in [-0.1, -0.05) is 0 Å². The number of aromatic nitrogens is 1. The molecule has 0 spiro atoms. The quantitative estimate of drug-likeness (QED) is 0.601. The molecule has 0 aromatic carbocycles. The Bertz CT molecular complexity index is 550. The topological polar surface area (TPSA) is 91.6 Å². The Hall–Kier alpha value is -1.22. The van der Waals surface area contributed by atoms with E-state index in [1.54, 1.807) is 10.4 Å². The Morgan fingerprint density at radius 1 is 1.38 bits per heavy atom. The van der Waals surface area contributed by atoms with Gasteiger partial charge >= 0.3 is 0 Å². The summed E-state index contributed by atoms with van der Waals surface area (Å²) < 4.78 is 26.6. The highest BCUT2D eigenvalue weighted by atomic mass is 32.2. The number of pyridine rings is 1. The standard InChI is InChI=1S/C13H23N5O2S/c1-17(2)10-11-5-7-18(8-6-11)21(19,20)12-3-4-13(16-14)15-9-12/h3-4,9,11H,5-8,10,14H2,1-2H3,(H,15,16). The lowest BCUT2D eigenvalue weighted by atomic mass is 9.98. The molecule has 0 amide bonds. The lowest BCUT2D eigenvalue weighted by Crippen LogP contribution is -2.40. The number of nitrogens with two attached hydrogens (primary N) is 1. The van der Waals surface area contributed by atoms with Gasteiger partial charge in [0, 0.05) is 25.8 Å². The highest BCUT2D eigenvalue weighted by Gasteiger charge is 2.29. The largest absolute Gasteiger partial charge is 0.309 e. The second-order valence-corrected chi connectivity index (χ2v) is 7.57. The molecule has 1 aliphatic heterocycles. The Morgan fingerprint density at radius 2 is 2.05 bits per heavy atom. The van der Waals surface area contributed by atoms with Gasteiger partial charge in [0.25, 0.3) is 0 Å². The maximum Gasteiger partial charge on any atom is 0.244 e. The zero-order valence-corrected chi connectivity index (χ0v) is 13.3. The molecule has 0 radical (unpaired) electrons. The monoisotopic (exact) mass is 313 g/mol. The molecule has 1 aromatic heterocycles. The number of rotatable bonds is 5. The third-order valence-corrected chi connectivity index (χ3v) is 5.60. The normalized spacial score (nSPS) is 18.1. The van der Waals surface area contributed by atoms with E-state index in [0.29, 0.717) is 24.8 Å². The third-order valence-electron chi connectivity index (χ3n) is 3.72. The van der Waals surface area contributed by atoms with E-state index in [0.717, 1.165) is 19.4 Å². The van der Waals surface area contributed by atoms with Crippen LogP contribution in [0, 0.1) is 5.92 Å². The second kappa shape index (κ2) is 6.69. The molecule has 1 aliphatic rings. The van der Waals surface area contributed by atoms with Gasteiger partial charge in [-0.05, 0) is 45.0 Å². The number of hydrazine groups is 1. The highest BCUT2D eigenvalue weighted by Crippen LogP contribution is 2.24. The van der Waals surface area contributed by atoms with E-state index in [1.165, 1.54) is 12.3 Å². The first kappa shape index (κ1) is 16.2. The predicted octanol–water partition coefficient (Wildman–Crippen LogP) is 0.330. The van der Waals surface area contributed by atoms with Gasteiger partial charge in [0.05, 0.1) is 0 Å². The summed E-state index contributed by atoms with van der Waals surface area (Å²) in [6, 6.07) is 3.09. The van der Waals surface area contributed by atoms with Crippen molar-refractivity contribution in [3.63, 3.8) is 0 Å². The van der Waals surface area contributed by atoms with Crippen LogP contribution in [0.5, 0.6) is 0 Å². The Labute approximate surface area is 126 Å². The fourth-order valence-corrected chi connectivity index (χ4v) is 4.03. The third kappa shape index (κ3) is 3.91. The molecule has 0 saturated carbocycles. The van der Waals surface area contributed by atoms with Crippen LogP contribution in [0.2, 0.25) is 0 Å². The van der Waals surface area contributed by atoms with Crippen LogP contribution in [0.15, 0.2) is 23.2 Å². The molecule has 8 heteroatoms. The van der Waals surface area contributed by atoms with E-state index < -0.39 is 10.0 Å². The molecule has 21 heavy (non-hydrogen) atoms. The van der Waals surface area contributed by atoms with Crippen LogP contribution >= 0.6 is 0 Å². The number of nitrogens with one attached hydrogen (secondary N) is 1. The van der Waals surface area contributed by atoms with Crippen molar-refractivity contribution >= 4 is 15.8 Å². The van der Waals surface area contributed by atoms with Gasteiger partial charge in [0.2, 0.25) is 10.0 Å². The van der Waals surface area contributed by atoms with Crippen LogP contribution in [-0.4, -0.2) is 56.3 Å². The van der Waals surface area contributed by atoms with E-state index in [9.17, 15) is 8.42 Å². The van der Waals surface area contributed by atoms with E-state index >= 15 is 0 Å². The molecule has 3 N–H and O–H groups in total. The molecule has 118 valence electrons. The molecule has 1 saturated heterocycles. The van der Waals surface area contributed by atoms with Crippen molar-refractivity contribution in [3.8, 4) is 0 Å². The fraction of sp³-hybridized carbons (Fsp3) is 0.615. The molecular weight excluding hydrogens is 290 g/mol. The average molecular weight is 313 g/mol. The molecule has 0 aliphatic carbocycles. The summed E-state index contributed by atoms with van der Waals surface area (Å²) in [5.41, 5.74) is 2.38. The number of sulfonamides is 1. The van der Waals surface area contributed by atoms with E-state index in [-0.39, 0.29) is 4.90 Å². The minimum absolute atomic E-state index is 0.215. The van der Waals surface area contributed by atoms with Crippen LogP contribution in [0.1, 0.15) is 12.8 Å². The van der Waals surface area contributed by atoms with Gasteiger partial charge in [0.15, 0.2) is 0 Å². The average Bonchev–Trinajstić information content (AvgIpc) is 2.47. The van der Waals surface area contributed by atoms with Gasteiger partial charge in [-0.25, -0.2) is 19.2 Å². The van der Waals surface area contributed by atoms with Gasteiger partial charge in [-0.3, -0.25) is 0 Å². The minimum Gasteiger partial charge on any atom is -0.309 e.